The first-order valence-electron chi connectivity index (χ1n) is 8.06. The minimum absolute atomic E-state index is 0.0271. The molecule has 0 heterocycles. The van der Waals surface area contributed by atoms with Gasteiger partial charge in [-0.1, -0.05) is 30.3 Å². The van der Waals surface area contributed by atoms with E-state index in [1.54, 1.807) is 7.11 Å². The number of carbonyl (C=O) groups excluding carboxylic acids is 1. The molecule has 0 saturated carbocycles. The van der Waals surface area contributed by atoms with Gasteiger partial charge in [0, 0.05) is 6.54 Å². The molecule has 0 fully saturated rings. The second-order valence-electron chi connectivity index (χ2n) is 5.66. The lowest BCUT2D eigenvalue weighted by molar-refractivity contribution is -0.122. The number of likely N-dealkylation sites (N-methyl/N-ethyl adjacent to an activating group) is 1. The van der Waals surface area contributed by atoms with E-state index in [0.717, 1.165) is 24.9 Å². The van der Waals surface area contributed by atoms with E-state index in [9.17, 15) is 4.79 Å². The highest BCUT2D eigenvalue weighted by atomic mass is 127. The maximum absolute atomic E-state index is 12.5. The highest BCUT2D eigenvalue weighted by molar-refractivity contribution is 14.1. The van der Waals surface area contributed by atoms with Crippen molar-refractivity contribution in [2.75, 3.05) is 20.7 Å². The zero-order chi connectivity index (χ0) is 18.2. The van der Waals surface area contributed by atoms with E-state index in [-0.39, 0.29) is 11.9 Å². The van der Waals surface area contributed by atoms with Crippen molar-refractivity contribution in [1.82, 2.24) is 10.6 Å². The predicted octanol–water partition coefficient (Wildman–Crippen LogP) is 3.39. The summed E-state index contributed by atoms with van der Waals surface area (Å²) in [6.45, 7) is 0.638. The molecular formula is C19H22I2N2O2. The van der Waals surface area contributed by atoms with Crippen molar-refractivity contribution in [3.8, 4) is 5.75 Å². The average molecular weight is 564 g/mol. The molecular weight excluding hydrogens is 542 g/mol. The van der Waals surface area contributed by atoms with Crippen LogP contribution < -0.4 is 15.4 Å². The largest absolute Gasteiger partial charge is 0.495 e. The van der Waals surface area contributed by atoms with Crippen molar-refractivity contribution in [2.45, 2.75) is 18.9 Å². The molecule has 2 N–H and O–H groups in total. The standard InChI is InChI=1S/C19H22I2N2O2/c1-22-17(12-14-10-15(20)18(25-2)16(21)11-14)19(24)23-9-8-13-6-4-3-5-7-13/h3-7,10-11,17,22H,8-9,12H2,1-2H3,(H,23,24). The lowest BCUT2D eigenvalue weighted by atomic mass is 10.0. The third-order valence-corrected chi connectivity index (χ3v) is 5.53. The summed E-state index contributed by atoms with van der Waals surface area (Å²) in [7, 11) is 3.50. The van der Waals surface area contributed by atoms with E-state index in [1.165, 1.54) is 5.56 Å². The molecule has 6 heteroatoms. The van der Waals surface area contributed by atoms with Crippen LogP contribution in [-0.4, -0.2) is 32.7 Å². The van der Waals surface area contributed by atoms with Crippen molar-refractivity contribution in [3.63, 3.8) is 0 Å². The molecule has 2 rings (SSSR count). The molecule has 0 aliphatic rings. The zero-order valence-corrected chi connectivity index (χ0v) is 18.6. The summed E-state index contributed by atoms with van der Waals surface area (Å²) in [6, 6.07) is 14.1. The third-order valence-electron chi connectivity index (χ3n) is 3.92. The van der Waals surface area contributed by atoms with E-state index in [2.05, 4.69) is 80.1 Å². The molecule has 0 bridgehead atoms. The molecule has 0 saturated heterocycles. The van der Waals surface area contributed by atoms with E-state index in [0.29, 0.717) is 13.0 Å². The number of halogens is 2. The number of benzene rings is 2. The second-order valence-corrected chi connectivity index (χ2v) is 7.99. The van der Waals surface area contributed by atoms with Crippen LogP contribution in [0.2, 0.25) is 0 Å². The molecule has 0 spiro atoms. The predicted molar refractivity (Wildman–Crippen MR) is 118 cm³/mol. The first kappa shape index (κ1) is 20.4. The number of rotatable bonds is 8. The Bertz CT molecular complexity index is 685. The molecule has 1 atom stereocenters. The van der Waals surface area contributed by atoms with Gasteiger partial charge in [-0.2, -0.15) is 0 Å². The van der Waals surface area contributed by atoms with Gasteiger partial charge in [0.25, 0.3) is 0 Å². The van der Waals surface area contributed by atoms with Crippen LogP contribution in [-0.2, 0) is 17.6 Å². The highest BCUT2D eigenvalue weighted by Gasteiger charge is 2.18. The van der Waals surface area contributed by atoms with E-state index >= 15 is 0 Å². The summed E-state index contributed by atoms with van der Waals surface area (Å²) < 4.78 is 7.51. The number of ether oxygens (including phenoxy) is 1. The Balaban J connectivity index is 1.93. The summed E-state index contributed by atoms with van der Waals surface area (Å²) in [5.41, 5.74) is 2.34. The zero-order valence-electron chi connectivity index (χ0n) is 14.3. The molecule has 25 heavy (non-hydrogen) atoms. The van der Waals surface area contributed by atoms with Crippen molar-refractivity contribution >= 4 is 51.1 Å². The number of hydrogen-bond donors (Lipinski definition) is 2. The SMILES string of the molecule is CNC(Cc1cc(I)c(OC)c(I)c1)C(=O)NCCc1ccccc1. The topological polar surface area (TPSA) is 50.4 Å². The van der Waals surface area contributed by atoms with Gasteiger partial charge < -0.3 is 15.4 Å². The molecule has 1 unspecified atom stereocenters. The fourth-order valence-electron chi connectivity index (χ4n) is 2.58. The van der Waals surface area contributed by atoms with Gasteiger partial charge in [0.15, 0.2) is 0 Å². The maximum atomic E-state index is 12.5. The lowest BCUT2D eigenvalue weighted by Gasteiger charge is -2.17. The summed E-state index contributed by atoms with van der Waals surface area (Å²) >= 11 is 4.53. The summed E-state index contributed by atoms with van der Waals surface area (Å²) in [5, 5.41) is 6.14. The van der Waals surface area contributed by atoms with Crippen LogP contribution in [0, 0.1) is 7.14 Å². The van der Waals surface area contributed by atoms with Crippen LogP contribution in [0.15, 0.2) is 42.5 Å². The third kappa shape index (κ3) is 6.10. The van der Waals surface area contributed by atoms with Crippen molar-refractivity contribution in [1.29, 1.82) is 0 Å². The molecule has 0 aromatic heterocycles. The Morgan fingerprint density at radius 2 is 1.76 bits per heavy atom. The average Bonchev–Trinajstić information content (AvgIpc) is 2.60. The molecule has 134 valence electrons. The van der Waals surface area contributed by atoms with Crippen LogP contribution >= 0.6 is 45.2 Å². The Hall–Kier alpha value is -0.870. The number of hydrogen-bond acceptors (Lipinski definition) is 3. The fourth-order valence-corrected chi connectivity index (χ4v) is 4.92. The van der Waals surface area contributed by atoms with Crippen LogP contribution in [0.1, 0.15) is 11.1 Å². The van der Waals surface area contributed by atoms with Gasteiger partial charge in [-0.25, -0.2) is 0 Å². The molecule has 2 aromatic rings. The van der Waals surface area contributed by atoms with E-state index in [4.69, 9.17) is 4.74 Å². The van der Waals surface area contributed by atoms with E-state index in [1.807, 2.05) is 25.2 Å². The van der Waals surface area contributed by atoms with Crippen LogP contribution in [0.4, 0.5) is 0 Å². The smallest absolute Gasteiger partial charge is 0.237 e. The van der Waals surface area contributed by atoms with Crippen molar-refractivity contribution in [3.05, 3.63) is 60.7 Å². The van der Waals surface area contributed by atoms with Gasteiger partial charge in [0.1, 0.15) is 5.75 Å². The number of amides is 1. The van der Waals surface area contributed by atoms with Gasteiger partial charge in [-0.05, 0) is 88.3 Å². The van der Waals surface area contributed by atoms with Gasteiger partial charge in [0.05, 0.1) is 20.3 Å². The summed E-state index contributed by atoms with van der Waals surface area (Å²) in [6.07, 6.45) is 1.48. The Kier molecular flexibility index (Phi) is 8.44. The second kappa shape index (κ2) is 10.3. The first-order chi connectivity index (χ1) is 12.0. The number of nitrogens with one attached hydrogen (secondary N) is 2. The van der Waals surface area contributed by atoms with Crippen LogP contribution in [0.25, 0.3) is 0 Å². The molecule has 0 aliphatic heterocycles. The first-order valence-corrected chi connectivity index (χ1v) is 10.2. The molecule has 0 aliphatic carbocycles. The van der Waals surface area contributed by atoms with E-state index < -0.39 is 0 Å². The lowest BCUT2D eigenvalue weighted by Crippen LogP contribution is -2.44. The van der Waals surface area contributed by atoms with Crippen molar-refractivity contribution in [2.24, 2.45) is 0 Å². The minimum atomic E-state index is -0.254. The summed E-state index contributed by atoms with van der Waals surface area (Å²) in [4.78, 5) is 12.5. The fraction of sp³-hybridized carbons (Fsp3) is 0.316. The van der Waals surface area contributed by atoms with Gasteiger partial charge in [0.2, 0.25) is 5.91 Å². The number of methoxy groups -OCH3 is 1. The molecule has 0 radical (unpaired) electrons. The minimum Gasteiger partial charge on any atom is -0.495 e. The quantitative estimate of drug-likeness (QED) is 0.484. The van der Waals surface area contributed by atoms with Gasteiger partial charge in [-0.3, -0.25) is 4.79 Å². The highest BCUT2D eigenvalue weighted by Crippen LogP contribution is 2.28. The van der Waals surface area contributed by atoms with Crippen molar-refractivity contribution < 1.29 is 9.53 Å². The summed E-state index contributed by atoms with van der Waals surface area (Å²) in [5.74, 6) is 0.914. The maximum Gasteiger partial charge on any atom is 0.237 e. The molecule has 1 amide bonds. The monoisotopic (exact) mass is 564 g/mol. The van der Waals surface area contributed by atoms with Gasteiger partial charge in [-0.15, -0.1) is 0 Å². The normalized spacial score (nSPS) is 11.8. The van der Waals surface area contributed by atoms with Crippen LogP contribution in [0.5, 0.6) is 5.75 Å². The Labute approximate surface area is 176 Å². The Morgan fingerprint density at radius 1 is 1.12 bits per heavy atom. The Morgan fingerprint density at radius 3 is 2.32 bits per heavy atom. The number of carbonyl (C=O) groups is 1. The molecule has 2 aromatic carbocycles. The van der Waals surface area contributed by atoms with Gasteiger partial charge >= 0.3 is 0 Å². The molecule has 4 nitrogen and oxygen atoms in total. The van der Waals surface area contributed by atoms with Crippen LogP contribution in [0.3, 0.4) is 0 Å².